The van der Waals surface area contributed by atoms with Crippen molar-refractivity contribution in [1.29, 1.82) is 0 Å². The van der Waals surface area contributed by atoms with Crippen molar-refractivity contribution in [2.24, 2.45) is 0 Å². The summed E-state index contributed by atoms with van der Waals surface area (Å²) >= 11 is 4.13. The third-order valence-corrected chi connectivity index (χ3v) is 4.39. The fraction of sp³-hybridized carbons (Fsp3) is 0.417. The van der Waals surface area contributed by atoms with Crippen molar-refractivity contribution in [2.45, 2.75) is 18.9 Å². The van der Waals surface area contributed by atoms with Crippen LogP contribution in [0.2, 0.25) is 0 Å². The summed E-state index contributed by atoms with van der Waals surface area (Å²) in [7, 11) is 0. The van der Waals surface area contributed by atoms with Crippen LogP contribution in [0.5, 0.6) is 5.75 Å². The number of piperidine rings is 1. The molecule has 2 rings (SSSR count). The summed E-state index contributed by atoms with van der Waals surface area (Å²) in [5.74, 6) is -0.177. The Balaban J connectivity index is 2.28. The molecule has 0 aromatic heterocycles. The van der Waals surface area contributed by atoms with Gasteiger partial charge in [-0.1, -0.05) is 0 Å². The Morgan fingerprint density at radius 3 is 2.78 bits per heavy atom. The maximum Gasteiger partial charge on any atom is 0.257 e. The molecule has 1 aromatic carbocycles. The number of benzene rings is 1. The lowest BCUT2D eigenvalue weighted by molar-refractivity contribution is 0.0471. The van der Waals surface area contributed by atoms with Gasteiger partial charge in [-0.25, -0.2) is 0 Å². The molecular formula is C12H13I2NO3. The van der Waals surface area contributed by atoms with E-state index >= 15 is 0 Å². The molecule has 1 aliphatic heterocycles. The number of carbonyl (C=O) groups is 1. The Morgan fingerprint density at radius 1 is 1.39 bits per heavy atom. The van der Waals surface area contributed by atoms with Gasteiger partial charge in [-0.3, -0.25) is 4.79 Å². The molecule has 4 nitrogen and oxygen atoms in total. The summed E-state index contributed by atoms with van der Waals surface area (Å²) in [6, 6.07) is 3.50. The fourth-order valence-corrected chi connectivity index (χ4v) is 3.88. The number of amides is 1. The quantitative estimate of drug-likeness (QED) is 0.616. The number of aliphatic hydroxyl groups excluding tert-OH is 1. The molecule has 0 aliphatic carbocycles. The summed E-state index contributed by atoms with van der Waals surface area (Å²) < 4.78 is 1.58. The van der Waals surface area contributed by atoms with Gasteiger partial charge in [0.1, 0.15) is 5.75 Å². The molecule has 1 unspecified atom stereocenters. The number of phenolic OH excluding ortho intramolecular Hbond substituents is 1. The van der Waals surface area contributed by atoms with Crippen molar-refractivity contribution < 1.29 is 15.0 Å². The van der Waals surface area contributed by atoms with E-state index in [0.717, 1.165) is 16.4 Å². The highest BCUT2D eigenvalue weighted by Crippen LogP contribution is 2.28. The monoisotopic (exact) mass is 473 g/mol. The van der Waals surface area contributed by atoms with Crippen LogP contribution >= 0.6 is 45.2 Å². The maximum atomic E-state index is 12.3. The molecule has 2 N–H and O–H groups in total. The minimum absolute atomic E-state index is 0.0288. The zero-order valence-corrected chi connectivity index (χ0v) is 13.9. The van der Waals surface area contributed by atoms with Crippen molar-refractivity contribution >= 4 is 51.1 Å². The second-order valence-electron chi connectivity index (χ2n) is 4.33. The Bertz CT molecular complexity index is 479. The van der Waals surface area contributed by atoms with E-state index in [1.54, 1.807) is 11.0 Å². The smallest absolute Gasteiger partial charge is 0.257 e. The third-order valence-electron chi connectivity index (χ3n) is 2.94. The highest BCUT2D eigenvalue weighted by Gasteiger charge is 2.25. The molecule has 98 valence electrons. The molecule has 1 fully saturated rings. The number of β-amino-alcohol motifs (C(OH)–C–C–N with tert-alkyl or cyclic N) is 1. The van der Waals surface area contributed by atoms with Gasteiger partial charge in [0.2, 0.25) is 0 Å². The summed E-state index contributed by atoms with van der Waals surface area (Å²) in [5, 5.41) is 19.6. The SMILES string of the molecule is O=C(c1cc(I)cc(I)c1O)N1CCCC(O)C1. The molecule has 1 heterocycles. The second kappa shape index (κ2) is 5.91. The predicted octanol–water partition coefficient (Wildman–Crippen LogP) is 2.20. The molecular weight excluding hydrogens is 460 g/mol. The van der Waals surface area contributed by atoms with Crippen LogP contribution in [0.1, 0.15) is 23.2 Å². The Hall–Kier alpha value is -0.0900. The van der Waals surface area contributed by atoms with Crippen molar-refractivity contribution in [2.75, 3.05) is 13.1 Å². The van der Waals surface area contributed by atoms with Crippen LogP contribution in [0.3, 0.4) is 0 Å². The number of nitrogens with zero attached hydrogens (tertiary/aromatic N) is 1. The number of aromatic hydroxyl groups is 1. The molecule has 0 spiro atoms. The van der Waals surface area contributed by atoms with Gasteiger partial charge in [-0.05, 0) is 70.2 Å². The topological polar surface area (TPSA) is 60.8 Å². The zero-order chi connectivity index (χ0) is 13.3. The number of carbonyl (C=O) groups excluding carboxylic acids is 1. The van der Waals surface area contributed by atoms with E-state index < -0.39 is 6.10 Å². The second-order valence-corrected chi connectivity index (χ2v) is 6.74. The van der Waals surface area contributed by atoms with Gasteiger partial charge in [-0.2, -0.15) is 0 Å². The zero-order valence-electron chi connectivity index (χ0n) is 9.57. The summed E-state index contributed by atoms with van der Waals surface area (Å²) in [6.07, 6.45) is 1.08. The van der Waals surface area contributed by atoms with Gasteiger partial charge in [0.05, 0.1) is 15.2 Å². The van der Waals surface area contributed by atoms with Crippen LogP contribution in [0, 0.1) is 7.14 Å². The molecule has 6 heteroatoms. The molecule has 1 saturated heterocycles. The predicted molar refractivity (Wildman–Crippen MR) is 84.7 cm³/mol. The summed E-state index contributed by atoms with van der Waals surface area (Å²) in [4.78, 5) is 13.9. The first-order chi connectivity index (χ1) is 8.49. The van der Waals surface area contributed by atoms with E-state index in [1.807, 2.05) is 28.7 Å². The Labute approximate surface area is 133 Å². The van der Waals surface area contributed by atoms with E-state index in [-0.39, 0.29) is 11.7 Å². The number of hydrogen-bond acceptors (Lipinski definition) is 3. The van der Waals surface area contributed by atoms with E-state index in [0.29, 0.717) is 22.2 Å². The van der Waals surface area contributed by atoms with Gasteiger partial charge >= 0.3 is 0 Å². The molecule has 1 amide bonds. The van der Waals surface area contributed by atoms with Gasteiger partial charge in [0.25, 0.3) is 5.91 Å². The summed E-state index contributed by atoms with van der Waals surface area (Å²) in [5.41, 5.74) is 0.320. The standard InChI is InChI=1S/C12H13I2NO3/c13-7-4-9(11(17)10(14)5-7)12(18)15-3-1-2-8(16)6-15/h4-5,8,16-17H,1-3,6H2. The molecule has 18 heavy (non-hydrogen) atoms. The average Bonchev–Trinajstić information content (AvgIpc) is 2.33. The van der Waals surface area contributed by atoms with Crippen LogP contribution < -0.4 is 0 Å². The molecule has 1 aromatic rings. The molecule has 1 aliphatic rings. The van der Waals surface area contributed by atoms with Crippen molar-refractivity contribution in [3.63, 3.8) is 0 Å². The van der Waals surface area contributed by atoms with Crippen LogP contribution in [-0.2, 0) is 0 Å². The highest BCUT2D eigenvalue weighted by molar-refractivity contribution is 14.1. The van der Waals surface area contributed by atoms with E-state index in [4.69, 9.17) is 0 Å². The van der Waals surface area contributed by atoms with Crippen LogP contribution in [0.25, 0.3) is 0 Å². The van der Waals surface area contributed by atoms with Crippen molar-refractivity contribution in [3.05, 3.63) is 24.8 Å². The first-order valence-electron chi connectivity index (χ1n) is 5.64. The minimum atomic E-state index is -0.452. The van der Waals surface area contributed by atoms with Crippen LogP contribution in [0.4, 0.5) is 0 Å². The third kappa shape index (κ3) is 3.08. The van der Waals surface area contributed by atoms with E-state index in [1.165, 1.54) is 0 Å². The first-order valence-corrected chi connectivity index (χ1v) is 7.80. The largest absolute Gasteiger partial charge is 0.506 e. The number of rotatable bonds is 1. The molecule has 0 saturated carbocycles. The lowest BCUT2D eigenvalue weighted by atomic mass is 10.1. The van der Waals surface area contributed by atoms with Gasteiger partial charge in [0.15, 0.2) is 0 Å². The Morgan fingerprint density at radius 2 is 2.11 bits per heavy atom. The van der Waals surface area contributed by atoms with Crippen molar-refractivity contribution in [3.8, 4) is 5.75 Å². The van der Waals surface area contributed by atoms with Crippen LogP contribution in [-0.4, -0.2) is 40.2 Å². The van der Waals surface area contributed by atoms with Gasteiger partial charge in [-0.15, -0.1) is 0 Å². The molecule has 1 atom stereocenters. The van der Waals surface area contributed by atoms with Gasteiger partial charge < -0.3 is 15.1 Å². The Kier molecular flexibility index (Phi) is 4.70. The number of aliphatic hydroxyl groups is 1. The highest BCUT2D eigenvalue weighted by atomic mass is 127. The lowest BCUT2D eigenvalue weighted by Gasteiger charge is -2.30. The number of likely N-dealkylation sites (tertiary alicyclic amines) is 1. The normalized spacial score (nSPS) is 19.9. The number of hydrogen-bond donors (Lipinski definition) is 2. The fourth-order valence-electron chi connectivity index (χ4n) is 2.04. The lowest BCUT2D eigenvalue weighted by Crippen LogP contribution is -2.42. The number of halogens is 2. The maximum absolute atomic E-state index is 12.3. The van der Waals surface area contributed by atoms with Gasteiger partial charge in [0, 0.05) is 16.7 Å². The van der Waals surface area contributed by atoms with Crippen LogP contribution in [0.15, 0.2) is 12.1 Å². The minimum Gasteiger partial charge on any atom is -0.506 e. The van der Waals surface area contributed by atoms with E-state index in [2.05, 4.69) is 22.6 Å². The van der Waals surface area contributed by atoms with E-state index in [9.17, 15) is 15.0 Å². The summed E-state index contributed by atoms with van der Waals surface area (Å²) in [6.45, 7) is 0.984. The average molecular weight is 473 g/mol. The first kappa shape index (κ1) is 14.3. The number of phenols is 1. The van der Waals surface area contributed by atoms with Crippen molar-refractivity contribution in [1.82, 2.24) is 4.90 Å². The molecule has 0 radical (unpaired) electrons. The molecule has 0 bridgehead atoms.